The highest BCUT2D eigenvalue weighted by molar-refractivity contribution is 5.84. The van der Waals surface area contributed by atoms with Gasteiger partial charge in [-0.3, -0.25) is 9.88 Å². The fourth-order valence-corrected chi connectivity index (χ4v) is 4.10. The van der Waals surface area contributed by atoms with Crippen molar-refractivity contribution >= 4 is 22.4 Å². The summed E-state index contributed by atoms with van der Waals surface area (Å²) in [6, 6.07) is 20.1. The summed E-state index contributed by atoms with van der Waals surface area (Å²) in [6.07, 6.45) is 1.76. The first-order valence-corrected chi connectivity index (χ1v) is 11.1. The maximum absolute atomic E-state index is 6.04. The normalized spacial score (nSPS) is 16.6. The summed E-state index contributed by atoms with van der Waals surface area (Å²) < 4.78 is 11.5. The number of rotatable bonds is 6. The van der Waals surface area contributed by atoms with Crippen molar-refractivity contribution in [3.05, 3.63) is 83.9 Å². The maximum Gasteiger partial charge on any atom is 0.145 e. The molecule has 4 aromatic rings. The maximum atomic E-state index is 6.04. The van der Waals surface area contributed by atoms with Crippen LogP contribution in [0.25, 0.3) is 10.9 Å². The van der Waals surface area contributed by atoms with E-state index in [1.165, 1.54) is 0 Å². The molecule has 0 saturated carbocycles. The lowest BCUT2D eigenvalue weighted by molar-refractivity contribution is -0.0353. The highest BCUT2D eigenvalue weighted by Crippen LogP contribution is 2.26. The largest absolute Gasteiger partial charge is 0.494 e. The molecule has 1 fully saturated rings. The van der Waals surface area contributed by atoms with Crippen molar-refractivity contribution in [3.63, 3.8) is 0 Å². The number of methoxy groups -OCH3 is 1. The van der Waals surface area contributed by atoms with Crippen LogP contribution >= 0.6 is 0 Å². The van der Waals surface area contributed by atoms with E-state index in [2.05, 4.69) is 38.4 Å². The van der Waals surface area contributed by atoms with Crippen LogP contribution in [0.5, 0.6) is 5.75 Å². The summed E-state index contributed by atoms with van der Waals surface area (Å²) in [5.41, 5.74) is 4.72. The van der Waals surface area contributed by atoms with Gasteiger partial charge in [-0.2, -0.15) is 0 Å². The molecule has 5 rings (SSSR count). The number of morpholine rings is 1. The van der Waals surface area contributed by atoms with Gasteiger partial charge in [0.15, 0.2) is 0 Å². The number of hydrogen-bond donors (Lipinski definition) is 1. The summed E-state index contributed by atoms with van der Waals surface area (Å²) in [5.74, 6) is 1.61. The molecule has 33 heavy (non-hydrogen) atoms. The summed E-state index contributed by atoms with van der Waals surface area (Å²) in [7, 11) is 1.68. The third-order valence-electron chi connectivity index (χ3n) is 5.77. The Bertz CT molecular complexity index is 1250. The lowest BCUT2D eigenvalue weighted by atomic mass is 10.1. The van der Waals surface area contributed by atoms with Gasteiger partial charge in [0.25, 0.3) is 0 Å². The van der Waals surface area contributed by atoms with Gasteiger partial charge in [-0.1, -0.05) is 24.3 Å². The summed E-state index contributed by atoms with van der Waals surface area (Å²) in [5, 5.41) is 4.38. The van der Waals surface area contributed by atoms with E-state index >= 15 is 0 Å². The molecule has 0 amide bonds. The number of nitrogens with one attached hydrogen (secondary N) is 1. The molecule has 1 atom stereocenters. The number of ether oxygens (including phenoxy) is 2. The number of anilines is 2. The molecule has 0 bridgehead atoms. The van der Waals surface area contributed by atoms with Gasteiger partial charge in [-0.15, -0.1) is 0 Å². The minimum atomic E-state index is -0.0695. The molecule has 0 unspecified atom stereocenters. The lowest BCUT2D eigenvalue weighted by Crippen LogP contribution is -2.38. The molecular weight excluding hydrogens is 414 g/mol. The zero-order chi connectivity index (χ0) is 22.6. The molecule has 168 valence electrons. The van der Waals surface area contributed by atoms with Crippen molar-refractivity contribution in [3.8, 4) is 5.75 Å². The number of hydrogen-bond acceptors (Lipinski definition) is 7. The SMILES string of the molecule is COc1cccc2ccc(CN3CCO[C@H](c4ccc(Nc5cccc(C)n5)cn4)C3)nc12. The van der Waals surface area contributed by atoms with Crippen LogP contribution in [0.3, 0.4) is 0 Å². The second-order valence-corrected chi connectivity index (χ2v) is 8.19. The molecule has 1 N–H and O–H groups in total. The van der Waals surface area contributed by atoms with Crippen molar-refractivity contribution in [2.75, 3.05) is 32.1 Å². The first kappa shape index (κ1) is 21.3. The summed E-state index contributed by atoms with van der Waals surface area (Å²) in [4.78, 5) is 16.3. The quantitative estimate of drug-likeness (QED) is 0.467. The second-order valence-electron chi connectivity index (χ2n) is 8.19. The Balaban J connectivity index is 1.25. The molecule has 0 radical (unpaired) electrons. The van der Waals surface area contributed by atoms with E-state index in [1.54, 1.807) is 7.11 Å². The van der Waals surface area contributed by atoms with E-state index in [0.29, 0.717) is 6.61 Å². The molecule has 0 aliphatic carbocycles. The predicted octanol–water partition coefficient (Wildman–Crippen LogP) is 4.66. The molecule has 7 nitrogen and oxygen atoms in total. The third-order valence-corrected chi connectivity index (χ3v) is 5.77. The van der Waals surface area contributed by atoms with E-state index in [4.69, 9.17) is 14.5 Å². The first-order valence-electron chi connectivity index (χ1n) is 11.1. The van der Waals surface area contributed by atoms with Gasteiger partial charge in [-0.05, 0) is 43.3 Å². The topological polar surface area (TPSA) is 72.4 Å². The van der Waals surface area contributed by atoms with Gasteiger partial charge >= 0.3 is 0 Å². The van der Waals surface area contributed by atoms with Gasteiger partial charge < -0.3 is 14.8 Å². The van der Waals surface area contributed by atoms with Gasteiger partial charge in [0.1, 0.15) is 23.2 Å². The van der Waals surface area contributed by atoms with Crippen LogP contribution in [0.1, 0.15) is 23.2 Å². The number of para-hydroxylation sites is 1. The number of aryl methyl sites for hydroxylation is 1. The number of pyridine rings is 3. The fraction of sp³-hybridized carbons (Fsp3) is 0.269. The van der Waals surface area contributed by atoms with Crippen LogP contribution in [0, 0.1) is 6.92 Å². The Labute approximate surface area is 193 Å². The third kappa shape index (κ3) is 4.94. The van der Waals surface area contributed by atoms with Gasteiger partial charge in [0.2, 0.25) is 0 Å². The van der Waals surface area contributed by atoms with Gasteiger partial charge in [0, 0.05) is 30.7 Å². The monoisotopic (exact) mass is 441 g/mol. The van der Waals surface area contributed by atoms with Gasteiger partial charge in [-0.25, -0.2) is 9.97 Å². The van der Waals surface area contributed by atoms with Gasteiger partial charge in [0.05, 0.1) is 37.0 Å². The molecule has 3 aromatic heterocycles. The number of aromatic nitrogens is 3. The molecule has 4 heterocycles. The van der Waals surface area contributed by atoms with Crippen molar-refractivity contribution < 1.29 is 9.47 Å². The number of fused-ring (bicyclic) bond motifs is 1. The minimum absolute atomic E-state index is 0.0695. The summed E-state index contributed by atoms with van der Waals surface area (Å²) in [6.45, 7) is 5.03. The van der Waals surface area contributed by atoms with Crippen LogP contribution in [0.2, 0.25) is 0 Å². The zero-order valence-corrected chi connectivity index (χ0v) is 18.9. The van der Waals surface area contributed by atoms with Crippen LogP contribution in [0.15, 0.2) is 66.9 Å². The first-order chi connectivity index (χ1) is 16.2. The smallest absolute Gasteiger partial charge is 0.145 e. The standard InChI is InChI=1S/C26H27N5O2/c1-18-5-3-8-25(28-18)29-20-11-12-22(27-15-20)24-17-31(13-14-33-24)16-21-10-9-19-6-4-7-23(32-2)26(19)30-21/h3-12,15,24H,13-14,16-17H2,1-2H3,(H,28,29)/t24-/m0/s1. The van der Waals surface area contributed by atoms with Crippen molar-refractivity contribution in [1.29, 1.82) is 0 Å². The van der Waals surface area contributed by atoms with Crippen molar-refractivity contribution in [2.45, 2.75) is 19.6 Å². The molecular formula is C26H27N5O2. The zero-order valence-electron chi connectivity index (χ0n) is 18.9. The molecule has 7 heteroatoms. The van der Waals surface area contributed by atoms with Crippen molar-refractivity contribution in [1.82, 2.24) is 19.9 Å². The van der Waals surface area contributed by atoms with Crippen LogP contribution in [-0.4, -0.2) is 46.7 Å². The summed E-state index contributed by atoms with van der Waals surface area (Å²) >= 11 is 0. The minimum Gasteiger partial charge on any atom is -0.494 e. The highest BCUT2D eigenvalue weighted by atomic mass is 16.5. The highest BCUT2D eigenvalue weighted by Gasteiger charge is 2.23. The molecule has 1 aliphatic heterocycles. The van der Waals surface area contributed by atoms with E-state index in [-0.39, 0.29) is 6.10 Å². The van der Waals surface area contributed by atoms with E-state index in [9.17, 15) is 0 Å². The van der Waals surface area contributed by atoms with Crippen molar-refractivity contribution in [2.24, 2.45) is 0 Å². The van der Waals surface area contributed by atoms with E-state index < -0.39 is 0 Å². The Morgan fingerprint density at radius 3 is 2.79 bits per heavy atom. The second kappa shape index (κ2) is 9.52. The average molecular weight is 442 g/mol. The van der Waals surface area contributed by atoms with Crippen LogP contribution in [-0.2, 0) is 11.3 Å². The average Bonchev–Trinajstić information content (AvgIpc) is 2.84. The fourth-order valence-electron chi connectivity index (χ4n) is 4.10. The number of nitrogens with zero attached hydrogens (tertiary/aromatic N) is 4. The Morgan fingerprint density at radius 1 is 1.06 bits per heavy atom. The van der Waals surface area contributed by atoms with Crippen LogP contribution < -0.4 is 10.1 Å². The molecule has 1 aliphatic rings. The predicted molar refractivity (Wildman–Crippen MR) is 129 cm³/mol. The molecule has 0 spiro atoms. The lowest BCUT2D eigenvalue weighted by Gasteiger charge is -2.32. The van der Waals surface area contributed by atoms with E-state index in [1.807, 2.05) is 55.6 Å². The van der Waals surface area contributed by atoms with E-state index in [0.717, 1.165) is 64.9 Å². The van der Waals surface area contributed by atoms with Crippen LogP contribution in [0.4, 0.5) is 11.5 Å². The molecule has 1 aromatic carbocycles. The molecule has 1 saturated heterocycles. The Kier molecular flexibility index (Phi) is 6.15. The number of benzene rings is 1. The Hall–Kier alpha value is -3.55. The Morgan fingerprint density at radius 2 is 1.97 bits per heavy atom.